The van der Waals surface area contributed by atoms with Gasteiger partial charge in [0.05, 0.1) is 30.1 Å². The van der Waals surface area contributed by atoms with Crippen molar-refractivity contribution in [2.24, 2.45) is 0 Å². The van der Waals surface area contributed by atoms with E-state index in [1.807, 2.05) is 30.3 Å². The van der Waals surface area contributed by atoms with Crippen molar-refractivity contribution >= 4 is 11.9 Å². The number of rotatable bonds is 3. The second-order valence-corrected chi connectivity index (χ2v) is 5.36. The molecule has 1 amide bonds. The number of carboxylic acid groups (broad SMARTS) is 1. The molecule has 0 radical (unpaired) electrons. The number of aryl methyl sites for hydroxylation is 1. The average Bonchev–Trinajstić information content (AvgIpc) is 2.97. The Kier molecular flexibility index (Phi) is 4.12. The Hall–Kier alpha value is -2.67. The van der Waals surface area contributed by atoms with Gasteiger partial charge in [-0.2, -0.15) is 5.10 Å². The largest absolute Gasteiger partial charge is 0.479 e. The number of aromatic nitrogens is 2. The molecule has 7 heteroatoms. The maximum Gasteiger partial charge on any atom is 0.334 e. The number of carbonyl (C=O) groups excluding carboxylic acids is 1. The number of ether oxygens (including phenoxy) is 1. The molecule has 1 atom stereocenters. The van der Waals surface area contributed by atoms with Crippen LogP contribution in [0.4, 0.5) is 0 Å². The highest BCUT2D eigenvalue weighted by Gasteiger charge is 2.30. The molecule has 7 nitrogen and oxygen atoms in total. The van der Waals surface area contributed by atoms with Crippen LogP contribution in [0.15, 0.2) is 36.5 Å². The first-order valence-corrected chi connectivity index (χ1v) is 7.31. The lowest BCUT2D eigenvalue weighted by Gasteiger charge is -2.30. The maximum atomic E-state index is 12.7. The number of hydrogen-bond donors (Lipinski definition) is 1. The second-order valence-electron chi connectivity index (χ2n) is 5.36. The third kappa shape index (κ3) is 3.09. The van der Waals surface area contributed by atoms with Crippen LogP contribution in [0, 0.1) is 6.92 Å². The van der Waals surface area contributed by atoms with E-state index in [-0.39, 0.29) is 19.1 Å². The van der Waals surface area contributed by atoms with Gasteiger partial charge in [0, 0.05) is 12.7 Å². The third-order valence-electron chi connectivity index (χ3n) is 3.78. The van der Waals surface area contributed by atoms with E-state index in [2.05, 4.69) is 5.10 Å². The number of hydrogen-bond acceptors (Lipinski definition) is 4. The van der Waals surface area contributed by atoms with E-state index in [1.165, 1.54) is 4.90 Å². The highest BCUT2D eigenvalue weighted by Crippen LogP contribution is 2.16. The molecule has 1 saturated heterocycles. The quantitative estimate of drug-likeness (QED) is 0.917. The molecular formula is C16H17N3O4. The second kappa shape index (κ2) is 6.21. The summed E-state index contributed by atoms with van der Waals surface area (Å²) in [5.41, 5.74) is 1.94. The Morgan fingerprint density at radius 3 is 2.74 bits per heavy atom. The number of nitrogens with zero attached hydrogens (tertiary/aromatic N) is 3. The van der Waals surface area contributed by atoms with Crippen molar-refractivity contribution in [1.29, 1.82) is 0 Å². The van der Waals surface area contributed by atoms with Crippen LogP contribution in [0.5, 0.6) is 0 Å². The molecule has 1 N–H and O–H groups in total. The molecule has 0 aliphatic carbocycles. The zero-order valence-electron chi connectivity index (χ0n) is 12.7. The summed E-state index contributed by atoms with van der Waals surface area (Å²) in [4.78, 5) is 25.2. The molecule has 1 aromatic carbocycles. The minimum Gasteiger partial charge on any atom is -0.479 e. The van der Waals surface area contributed by atoms with E-state index in [0.29, 0.717) is 17.8 Å². The fourth-order valence-electron chi connectivity index (χ4n) is 2.54. The van der Waals surface area contributed by atoms with Gasteiger partial charge in [0.25, 0.3) is 5.91 Å². The Labute approximate surface area is 133 Å². The lowest BCUT2D eigenvalue weighted by atomic mass is 10.2. The first kappa shape index (κ1) is 15.2. The molecule has 120 valence electrons. The Morgan fingerprint density at radius 2 is 2.04 bits per heavy atom. The van der Waals surface area contributed by atoms with Crippen molar-refractivity contribution in [3.63, 3.8) is 0 Å². The van der Waals surface area contributed by atoms with Gasteiger partial charge in [0.1, 0.15) is 0 Å². The normalized spacial score (nSPS) is 18.0. The van der Waals surface area contributed by atoms with Gasteiger partial charge in [-0.1, -0.05) is 18.2 Å². The first-order chi connectivity index (χ1) is 11.1. The summed E-state index contributed by atoms with van der Waals surface area (Å²) in [5, 5.41) is 13.4. The zero-order chi connectivity index (χ0) is 16.4. The summed E-state index contributed by atoms with van der Waals surface area (Å²) >= 11 is 0. The van der Waals surface area contributed by atoms with Crippen molar-refractivity contribution in [2.45, 2.75) is 13.0 Å². The monoisotopic (exact) mass is 315 g/mol. The van der Waals surface area contributed by atoms with E-state index in [1.54, 1.807) is 17.8 Å². The molecule has 1 aliphatic heterocycles. The fraction of sp³-hybridized carbons (Fsp3) is 0.312. The molecule has 0 bridgehead atoms. The van der Waals surface area contributed by atoms with Crippen molar-refractivity contribution in [3.8, 4) is 5.69 Å². The number of carboxylic acids is 1. The lowest BCUT2D eigenvalue weighted by molar-refractivity contribution is -0.154. The molecule has 2 heterocycles. The SMILES string of the molecule is Cc1nn(-c2ccccc2)cc1C(=O)N1CCO[C@H](C(=O)O)C1. The maximum absolute atomic E-state index is 12.7. The number of para-hydroxylation sites is 1. The van der Waals surface area contributed by atoms with Crippen LogP contribution in [-0.4, -0.2) is 57.5 Å². The third-order valence-corrected chi connectivity index (χ3v) is 3.78. The van der Waals surface area contributed by atoms with Crippen LogP contribution in [0.1, 0.15) is 16.1 Å². The average molecular weight is 315 g/mol. The topological polar surface area (TPSA) is 84.7 Å². The minimum atomic E-state index is -1.06. The van der Waals surface area contributed by atoms with Gasteiger partial charge in [-0.15, -0.1) is 0 Å². The van der Waals surface area contributed by atoms with Gasteiger partial charge in [-0.3, -0.25) is 4.79 Å². The molecule has 2 aromatic rings. The molecular weight excluding hydrogens is 298 g/mol. The van der Waals surface area contributed by atoms with Crippen molar-refractivity contribution < 1.29 is 19.4 Å². The van der Waals surface area contributed by atoms with Gasteiger partial charge < -0.3 is 14.7 Å². The number of amides is 1. The zero-order valence-corrected chi connectivity index (χ0v) is 12.7. The smallest absolute Gasteiger partial charge is 0.334 e. The Bertz CT molecular complexity index is 726. The van der Waals surface area contributed by atoms with Gasteiger partial charge >= 0.3 is 5.97 Å². The summed E-state index contributed by atoms with van der Waals surface area (Å²) in [7, 11) is 0. The predicted molar refractivity (Wildman–Crippen MR) is 81.6 cm³/mol. The first-order valence-electron chi connectivity index (χ1n) is 7.31. The van der Waals surface area contributed by atoms with Crippen LogP contribution < -0.4 is 0 Å². The number of morpholine rings is 1. The van der Waals surface area contributed by atoms with Gasteiger partial charge in [-0.25, -0.2) is 9.48 Å². The van der Waals surface area contributed by atoms with Crippen molar-refractivity contribution in [1.82, 2.24) is 14.7 Å². The van der Waals surface area contributed by atoms with Gasteiger partial charge in [0.15, 0.2) is 6.10 Å². The van der Waals surface area contributed by atoms with Crippen molar-refractivity contribution in [3.05, 3.63) is 47.8 Å². The number of carbonyl (C=O) groups is 2. The van der Waals surface area contributed by atoms with Crippen LogP contribution in [0.3, 0.4) is 0 Å². The Morgan fingerprint density at radius 1 is 1.30 bits per heavy atom. The van der Waals surface area contributed by atoms with Crippen LogP contribution in [0.25, 0.3) is 5.69 Å². The van der Waals surface area contributed by atoms with E-state index in [9.17, 15) is 9.59 Å². The van der Waals surface area contributed by atoms with E-state index >= 15 is 0 Å². The molecule has 1 aliphatic rings. The number of aliphatic carboxylic acids is 1. The molecule has 0 saturated carbocycles. The van der Waals surface area contributed by atoms with E-state index in [4.69, 9.17) is 9.84 Å². The summed E-state index contributed by atoms with van der Waals surface area (Å²) in [6, 6.07) is 9.50. The predicted octanol–water partition coefficient (Wildman–Crippen LogP) is 1.11. The number of benzene rings is 1. The van der Waals surface area contributed by atoms with Crippen LogP contribution in [-0.2, 0) is 9.53 Å². The molecule has 0 unspecified atom stereocenters. The molecule has 23 heavy (non-hydrogen) atoms. The molecule has 1 fully saturated rings. The highest BCUT2D eigenvalue weighted by atomic mass is 16.5. The lowest BCUT2D eigenvalue weighted by Crippen LogP contribution is -2.48. The fourth-order valence-corrected chi connectivity index (χ4v) is 2.54. The van der Waals surface area contributed by atoms with Crippen LogP contribution >= 0.6 is 0 Å². The molecule has 3 rings (SSSR count). The summed E-state index contributed by atoms with van der Waals surface area (Å²) in [6.45, 7) is 2.40. The molecule has 0 spiro atoms. The summed E-state index contributed by atoms with van der Waals surface area (Å²) in [6.07, 6.45) is 0.704. The van der Waals surface area contributed by atoms with E-state index < -0.39 is 12.1 Å². The van der Waals surface area contributed by atoms with Crippen molar-refractivity contribution in [2.75, 3.05) is 19.7 Å². The summed E-state index contributed by atoms with van der Waals surface area (Å²) in [5.74, 6) is -1.28. The van der Waals surface area contributed by atoms with Crippen LogP contribution in [0.2, 0.25) is 0 Å². The van der Waals surface area contributed by atoms with Gasteiger partial charge in [0.2, 0.25) is 0 Å². The van der Waals surface area contributed by atoms with Gasteiger partial charge in [-0.05, 0) is 19.1 Å². The van der Waals surface area contributed by atoms with E-state index in [0.717, 1.165) is 5.69 Å². The molecule has 1 aromatic heterocycles. The standard InChI is InChI=1S/C16H17N3O4/c1-11-13(9-19(17-11)12-5-3-2-4-6-12)15(20)18-7-8-23-14(10-18)16(21)22/h2-6,9,14H,7-8,10H2,1H3,(H,21,22)/t14-/m0/s1. The highest BCUT2D eigenvalue weighted by molar-refractivity contribution is 5.95. The minimum absolute atomic E-state index is 0.0458. The summed E-state index contributed by atoms with van der Waals surface area (Å²) < 4.78 is 6.80. The Balaban J connectivity index is 1.83.